The van der Waals surface area contributed by atoms with E-state index in [2.05, 4.69) is 10.3 Å². The van der Waals surface area contributed by atoms with Crippen molar-refractivity contribution in [2.24, 2.45) is 0 Å². The highest BCUT2D eigenvalue weighted by molar-refractivity contribution is 5.93. The van der Waals surface area contributed by atoms with E-state index in [1.165, 1.54) is 0 Å². The maximum atomic E-state index is 12.5. The molecule has 24 heavy (non-hydrogen) atoms. The number of methoxy groups -OCH3 is 1. The molecule has 0 saturated carbocycles. The number of benzene rings is 2. The Balaban J connectivity index is 1.87. The van der Waals surface area contributed by atoms with Crippen molar-refractivity contribution in [3.8, 4) is 5.75 Å². The van der Waals surface area contributed by atoms with Gasteiger partial charge < -0.3 is 19.7 Å². The van der Waals surface area contributed by atoms with Crippen LogP contribution in [0.3, 0.4) is 0 Å². The van der Waals surface area contributed by atoms with E-state index >= 15 is 0 Å². The second-order valence-corrected chi connectivity index (χ2v) is 5.51. The molecule has 2 N–H and O–H groups in total. The topological polar surface area (TPSA) is 76.4 Å². The van der Waals surface area contributed by atoms with Crippen LogP contribution in [0.2, 0.25) is 0 Å². The fourth-order valence-corrected chi connectivity index (χ4v) is 2.68. The van der Waals surface area contributed by atoms with Gasteiger partial charge in [-0.2, -0.15) is 0 Å². The molecule has 0 aliphatic heterocycles. The van der Waals surface area contributed by atoms with Crippen molar-refractivity contribution >= 4 is 22.6 Å². The molecule has 0 aliphatic rings. The number of ether oxygens (including phenoxy) is 1. The van der Waals surface area contributed by atoms with Crippen LogP contribution in [0, 0.1) is 6.92 Å². The Morgan fingerprint density at radius 2 is 2.08 bits per heavy atom. The first-order valence-corrected chi connectivity index (χ1v) is 7.62. The molecule has 0 saturated heterocycles. The Labute approximate surface area is 139 Å². The molecule has 0 aliphatic carbocycles. The summed E-state index contributed by atoms with van der Waals surface area (Å²) >= 11 is 0. The van der Waals surface area contributed by atoms with Crippen molar-refractivity contribution in [1.29, 1.82) is 0 Å². The van der Waals surface area contributed by atoms with Crippen molar-refractivity contribution in [3.05, 3.63) is 53.9 Å². The Morgan fingerprint density at radius 3 is 2.83 bits per heavy atom. The van der Waals surface area contributed by atoms with Crippen LogP contribution in [-0.4, -0.2) is 27.7 Å². The van der Waals surface area contributed by atoms with Gasteiger partial charge in [0.15, 0.2) is 0 Å². The van der Waals surface area contributed by atoms with Crippen LogP contribution >= 0.6 is 0 Å². The molecular weight excluding hydrogens is 306 g/mol. The van der Waals surface area contributed by atoms with E-state index in [1.54, 1.807) is 11.7 Å². The number of nitrogens with zero attached hydrogens (tertiary/aromatic N) is 2. The largest absolute Gasteiger partial charge is 0.495 e. The summed E-state index contributed by atoms with van der Waals surface area (Å²) in [6, 6.07) is 13.1. The van der Waals surface area contributed by atoms with Gasteiger partial charge >= 0.3 is 0 Å². The zero-order valence-corrected chi connectivity index (χ0v) is 13.6. The summed E-state index contributed by atoms with van der Waals surface area (Å²) < 4.78 is 6.99. The number of carbonyl (C=O) groups is 1. The van der Waals surface area contributed by atoms with E-state index in [9.17, 15) is 9.90 Å². The molecule has 0 spiro atoms. The van der Waals surface area contributed by atoms with Crippen molar-refractivity contribution in [2.75, 3.05) is 12.4 Å². The van der Waals surface area contributed by atoms with Crippen LogP contribution in [0.4, 0.5) is 5.69 Å². The van der Waals surface area contributed by atoms with Crippen LogP contribution < -0.4 is 10.1 Å². The summed E-state index contributed by atoms with van der Waals surface area (Å²) in [5.74, 6) is 0.853. The lowest BCUT2D eigenvalue weighted by Gasteiger charge is -2.12. The summed E-state index contributed by atoms with van der Waals surface area (Å²) in [7, 11) is 1.56. The third kappa shape index (κ3) is 3.09. The van der Waals surface area contributed by atoms with E-state index in [-0.39, 0.29) is 19.1 Å². The second-order valence-electron chi connectivity index (χ2n) is 5.51. The Morgan fingerprint density at radius 1 is 1.29 bits per heavy atom. The average Bonchev–Trinajstić information content (AvgIpc) is 2.93. The number of hydrogen-bond donors (Lipinski definition) is 2. The highest BCUT2D eigenvalue weighted by Crippen LogP contribution is 2.25. The summed E-state index contributed by atoms with van der Waals surface area (Å²) in [5, 5.41) is 12.4. The van der Waals surface area contributed by atoms with E-state index in [0.29, 0.717) is 17.3 Å². The predicted molar refractivity (Wildman–Crippen MR) is 92.0 cm³/mol. The summed E-state index contributed by atoms with van der Waals surface area (Å²) in [6.07, 6.45) is 0. The highest BCUT2D eigenvalue weighted by atomic mass is 16.5. The minimum absolute atomic E-state index is 0.0630. The summed E-state index contributed by atoms with van der Waals surface area (Å²) in [6.45, 7) is 1.78. The first kappa shape index (κ1) is 16.0. The van der Waals surface area contributed by atoms with Gasteiger partial charge in [-0.3, -0.25) is 4.79 Å². The van der Waals surface area contributed by atoms with Crippen molar-refractivity contribution in [2.45, 2.75) is 20.1 Å². The van der Waals surface area contributed by atoms with E-state index in [4.69, 9.17) is 4.74 Å². The fraction of sp³-hybridized carbons (Fsp3) is 0.222. The van der Waals surface area contributed by atoms with Crippen molar-refractivity contribution < 1.29 is 14.6 Å². The van der Waals surface area contributed by atoms with Gasteiger partial charge in [0.25, 0.3) is 0 Å². The number of aryl methyl sites for hydroxylation is 1. The van der Waals surface area contributed by atoms with Crippen molar-refractivity contribution in [3.63, 3.8) is 0 Å². The molecule has 1 aromatic heterocycles. The Kier molecular flexibility index (Phi) is 4.48. The lowest BCUT2D eigenvalue weighted by molar-refractivity contribution is -0.116. The van der Waals surface area contributed by atoms with Gasteiger partial charge in [-0.25, -0.2) is 4.98 Å². The zero-order valence-electron chi connectivity index (χ0n) is 13.6. The van der Waals surface area contributed by atoms with Crippen LogP contribution in [0.5, 0.6) is 5.75 Å². The number of imidazole rings is 1. The summed E-state index contributed by atoms with van der Waals surface area (Å²) in [5.41, 5.74) is 3.21. The molecule has 1 heterocycles. The first-order chi connectivity index (χ1) is 11.6. The first-order valence-electron chi connectivity index (χ1n) is 7.62. The average molecular weight is 325 g/mol. The number of aliphatic hydroxyl groups is 1. The number of amides is 1. The second kappa shape index (κ2) is 6.72. The highest BCUT2D eigenvalue weighted by Gasteiger charge is 2.14. The molecule has 2 aromatic carbocycles. The quantitative estimate of drug-likeness (QED) is 0.755. The van der Waals surface area contributed by atoms with Gasteiger partial charge in [-0.05, 0) is 36.8 Å². The number of aromatic nitrogens is 2. The third-order valence-corrected chi connectivity index (χ3v) is 3.81. The van der Waals surface area contributed by atoms with Crippen LogP contribution in [0.15, 0.2) is 42.5 Å². The monoisotopic (exact) mass is 325 g/mol. The SMILES string of the molecule is COc1ccc(C)cc1NC(=O)Cn1c(CO)nc2ccccc21. The van der Waals surface area contributed by atoms with Crippen LogP contribution in [-0.2, 0) is 17.9 Å². The van der Waals surface area contributed by atoms with Gasteiger partial charge in [0.05, 0.1) is 23.8 Å². The van der Waals surface area contributed by atoms with Gasteiger partial charge in [-0.1, -0.05) is 18.2 Å². The number of fused-ring (bicyclic) bond motifs is 1. The third-order valence-electron chi connectivity index (χ3n) is 3.81. The fourth-order valence-electron chi connectivity index (χ4n) is 2.68. The zero-order chi connectivity index (χ0) is 17.1. The predicted octanol–water partition coefficient (Wildman–Crippen LogP) is 2.48. The maximum Gasteiger partial charge on any atom is 0.244 e. The van der Waals surface area contributed by atoms with Gasteiger partial charge in [0.1, 0.15) is 24.7 Å². The standard InChI is InChI=1S/C18H19N3O3/c1-12-7-8-16(24-2)14(9-12)20-18(23)10-21-15-6-4-3-5-13(15)19-17(21)11-22/h3-9,22H,10-11H2,1-2H3,(H,20,23). The molecule has 6 heteroatoms. The molecule has 0 fully saturated rings. The normalized spacial score (nSPS) is 10.8. The molecule has 0 bridgehead atoms. The van der Waals surface area contributed by atoms with E-state index < -0.39 is 0 Å². The smallest absolute Gasteiger partial charge is 0.244 e. The number of aliphatic hydroxyl groups excluding tert-OH is 1. The molecule has 0 atom stereocenters. The molecule has 3 rings (SSSR count). The van der Waals surface area contributed by atoms with Gasteiger partial charge in [0.2, 0.25) is 5.91 Å². The summed E-state index contributed by atoms with van der Waals surface area (Å²) in [4.78, 5) is 16.8. The number of nitrogens with one attached hydrogen (secondary N) is 1. The van der Waals surface area contributed by atoms with Gasteiger partial charge in [-0.15, -0.1) is 0 Å². The van der Waals surface area contributed by atoms with E-state index in [0.717, 1.165) is 16.6 Å². The molecule has 124 valence electrons. The van der Waals surface area contributed by atoms with E-state index in [1.807, 2.05) is 49.4 Å². The van der Waals surface area contributed by atoms with Crippen LogP contribution in [0.25, 0.3) is 11.0 Å². The molecule has 0 unspecified atom stereocenters. The van der Waals surface area contributed by atoms with Crippen LogP contribution in [0.1, 0.15) is 11.4 Å². The minimum atomic E-state index is -0.226. The Hall–Kier alpha value is -2.86. The van der Waals surface area contributed by atoms with Crippen molar-refractivity contribution in [1.82, 2.24) is 9.55 Å². The lowest BCUT2D eigenvalue weighted by Crippen LogP contribution is -2.20. The maximum absolute atomic E-state index is 12.5. The number of anilines is 1. The number of hydrogen-bond acceptors (Lipinski definition) is 4. The lowest BCUT2D eigenvalue weighted by atomic mass is 10.2. The molecule has 0 radical (unpaired) electrons. The minimum Gasteiger partial charge on any atom is -0.495 e. The molecule has 1 amide bonds. The Bertz CT molecular complexity index is 886. The number of rotatable bonds is 5. The number of para-hydroxylation sites is 2. The molecule has 6 nitrogen and oxygen atoms in total. The number of carbonyl (C=O) groups excluding carboxylic acids is 1. The molecule has 3 aromatic rings. The molecular formula is C18H19N3O3. The van der Waals surface area contributed by atoms with Gasteiger partial charge in [0, 0.05) is 0 Å².